The molecule has 1 aromatic rings. The zero-order valence-electron chi connectivity index (χ0n) is 5.48. The average Bonchev–Trinajstić information content (AvgIpc) is 1.77. The summed E-state index contributed by atoms with van der Waals surface area (Å²) in [6.45, 7) is 3.45. The number of hydrogen-bond acceptors (Lipinski definition) is 0. The predicted octanol–water partition coefficient (Wildman–Crippen LogP) is -1.37. The summed E-state index contributed by atoms with van der Waals surface area (Å²) in [5.41, 5.74) is 0.451. The van der Waals surface area contributed by atoms with Crippen molar-refractivity contribution in [1.82, 2.24) is 0 Å². The van der Waals surface area contributed by atoms with Crippen LogP contribution in [-0.4, -0.2) is 23.1 Å². The van der Waals surface area contributed by atoms with Gasteiger partial charge in [-0.3, -0.25) is 4.39 Å². The van der Waals surface area contributed by atoms with Crippen LogP contribution in [0.5, 0.6) is 0 Å². The summed E-state index contributed by atoms with van der Waals surface area (Å²) in [7, 11) is 0. The van der Waals surface area contributed by atoms with Gasteiger partial charge in [-0.1, -0.05) is 12.1 Å². The molecular weight excluding hydrogens is 207 g/mol. The van der Waals surface area contributed by atoms with Gasteiger partial charge in [-0.25, -0.2) is 0 Å². The van der Waals surface area contributed by atoms with Crippen LogP contribution in [0.15, 0.2) is 24.3 Å². The third-order valence-corrected chi connectivity index (χ3v) is 0.958. The number of halogens is 2. The molecule has 0 atom stereocenters. The monoisotopic (exact) mass is 212 g/mol. The molecule has 0 amide bonds. The van der Waals surface area contributed by atoms with Gasteiger partial charge in [0.2, 0.25) is 0 Å². The summed E-state index contributed by atoms with van der Waals surface area (Å²) in [4.78, 5) is 0. The maximum absolute atomic E-state index is 12.3. The molecule has 1 aromatic carbocycles. The summed E-state index contributed by atoms with van der Waals surface area (Å²) in [5.74, 6) is -0.243. The fraction of sp³-hybridized carbons (Fsp3) is 0. The van der Waals surface area contributed by atoms with Gasteiger partial charge in [0.25, 0.3) is 0 Å². The quantitative estimate of drug-likeness (QED) is 0.368. The van der Waals surface area contributed by atoms with Crippen LogP contribution in [-0.2, 0) is 0 Å². The topological polar surface area (TPSA) is 0 Å². The Morgan fingerprint density at radius 2 is 1.70 bits per heavy atom. The van der Waals surface area contributed by atoms with E-state index in [1.54, 1.807) is 18.2 Å². The summed E-state index contributed by atoms with van der Waals surface area (Å²) >= 11 is 0. The van der Waals surface area contributed by atoms with Crippen molar-refractivity contribution in [1.29, 1.82) is 0 Å². The molecule has 0 saturated heterocycles. The first-order valence-electron chi connectivity index (χ1n) is 2.37. The number of benzene rings is 1. The van der Waals surface area contributed by atoms with Crippen LogP contribution >= 0.6 is 0 Å². The second-order valence-electron chi connectivity index (χ2n) is 1.59. The predicted molar refractivity (Wildman–Crippen MR) is 36.6 cm³/mol. The Labute approximate surface area is 86.7 Å². The van der Waals surface area contributed by atoms with Crippen LogP contribution in [0.3, 0.4) is 0 Å². The van der Waals surface area contributed by atoms with E-state index in [2.05, 4.69) is 6.92 Å². The van der Waals surface area contributed by atoms with Gasteiger partial charge in [-0.15, -0.1) is 6.07 Å². The smallest absolute Gasteiger partial charge is 1.00 e. The fourth-order valence-electron chi connectivity index (χ4n) is 0.498. The molecule has 0 radical (unpaired) electrons. The molecule has 3 heteroatoms. The normalized spacial score (nSPS) is 7.30. The Kier molecular flexibility index (Phi) is 7.75. The molecule has 0 aliphatic heterocycles. The van der Waals surface area contributed by atoms with Crippen molar-refractivity contribution in [2.24, 2.45) is 0 Å². The van der Waals surface area contributed by atoms with Crippen molar-refractivity contribution >= 4 is 23.1 Å². The second kappa shape index (κ2) is 6.01. The van der Waals surface area contributed by atoms with Crippen LogP contribution in [0.2, 0.25) is 0 Å². The maximum Gasteiger partial charge on any atom is 2.00 e. The first-order valence-corrected chi connectivity index (χ1v) is 2.37. The minimum absolute atomic E-state index is 0. The fourth-order valence-corrected chi connectivity index (χ4v) is 0.498. The Balaban J connectivity index is 0. The van der Waals surface area contributed by atoms with Crippen LogP contribution in [0.4, 0.5) is 4.39 Å². The van der Waals surface area contributed by atoms with E-state index in [1.165, 1.54) is 6.07 Å². The first-order chi connectivity index (χ1) is 3.80. The molecule has 0 saturated carbocycles. The molecule has 0 heterocycles. The Morgan fingerprint density at radius 3 is 2.00 bits per heavy atom. The van der Waals surface area contributed by atoms with Crippen LogP contribution in [0, 0.1) is 12.7 Å². The van der Waals surface area contributed by atoms with E-state index in [1.807, 2.05) is 0 Å². The minimum Gasteiger partial charge on any atom is -1.00 e. The van der Waals surface area contributed by atoms with Crippen LogP contribution in [0.1, 0.15) is 5.56 Å². The van der Waals surface area contributed by atoms with E-state index in [9.17, 15) is 4.39 Å². The summed E-state index contributed by atoms with van der Waals surface area (Å²) in [6, 6.07) is 6.42. The Morgan fingerprint density at radius 1 is 1.20 bits per heavy atom. The standard InChI is InChI=1S/C7H6F.BrH.Mg/c1-6-4-2-3-5-7(6)8;;/h2-5H,1H2;1H;/q-1;;+2/p-1. The number of rotatable bonds is 0. The van der Waals surface area contributed by atoms with Crippen molar-refractivity contribution in [3.05, 3.63) is 42.6 Å². The molecule has 0 aromatic heterocycles. The minimum atomic E-state index is -0.243. The third kappa shape index (κ3) is 3.44. The largest absolute Gasteiger partial charge is 2.00 e. The van der Waals surface area contributed by atoms with Gasteiger partial charge in [0.05, 0.1) is 0 Å². The first kappa shape index (κ1) is 12.9. The summed E-state index contributed by atoms with van der Waals surface area (Å²) < 4.78 is 12.3. The third-order valence-electron chi connectivity index (χ3n) is 0.958. The molecule has 10 heavy (non-hydrogen) atoms. The van der Waals surface area contributed by atoms with Gasteiger partial charge in [0.1, 0.15) is 0 Å². The van der Waals surface area contributed by atoms with E-state index in [0.29, 0.717) is 5.56 Å². The molecule has 1 rings (SSSR count). The van der Waals surface area contributed by atoms with Gasteiger partial charge < -0.3 is 17.0 Å². The van der Waals surface area contributed by atoms with Crippen molar-refractivity contribution in [2.45, 2.75) is 0 Å². The number of hydrogen-bond donors (Lipinski definition) is 0. The molecule has 0 spiro atoms. The molecule has 50 valence electrons. The Hall–Kier alpha value is 0.266. The average molecular weight is 213 g/mol. The van der Waals surface area contributed by atoms with Crippen molar-refractivity contribution in [3.8, 4) is 0 Å². The Bertz CT molecular complexity index is 170. The molecule has 0 N–H and O–H groups in total. The van der Waals surface area contributed by atoms with Gasteiger partial charge in [-0.05, 0) is 0 Å². The van der Waals surface area contributed by atoms with E-state index in [4.69, 9.17) is 0 Å². The summed E-state index contributed by atoms with van der Waals surface area (Å²) in [5, 5.41) is 0. The zero-order valence-corrected chi connectivity index (χ0v) is 8.48. The molecule has 0 aliphatic rings. The molecule has 0 fully saturated rings. The van der Waals surface area contributed by atoms with Crippen LogP contribution in [0.25, 0.3) is 0 Å². The maximum atomic E-state index is 12.3. The molecule has 0 bridgehead atoms. The molecule has 0 nitrogen and oxygen atoms in total. The van der Waals surface area contributed by atoms with Crippen molar-refractivity contribution in [2.75, 3.05) is 0 Å². The molecule has 0 unspecified atom stereocenters. The van der Waals surface area contributed by atoms with E-state index in [0.717, 1.165) is 0 Å². The van der Waals surface area contributed by atoms with E-state index in [-0.39, 0.29) is 45.9 Å². The van der Waals surface area contributed by atoms with Gasteiger partial charge in [-0.2, -0.15) is 18.6 Å². The van der Waals surface area contributed by atoms with Crippen molar-refractivity contribution in [3.63, 3.8) is 0 Å². The summed E-state index contributed by atoms with van der Waals surface area (Å²) in [6.07, 6.45) is 0. The van der Waals surface area contributed by atoms with Gasteiger partial charge in [0, 0.05) is 5.82 Å². The SMILES string of the molecule is [Br-].[CH2-]c1ccccc1F.[Mg+2]. The van der Waals surface area contributed by atoms with E-state index < -0.39 is 0 Å². The van der Waals surface area contributed by atoms with Gasteiger partial charge >= 0.3 is 23.1 Å². The van der Waals surface area contributed by atoms with E-state index >= 15 is 0 Å². The van der Waals surface area contributed by atoms with Crippen molar-refractivity contribution < 1.29 is 21.4 Å². The zero-order chi connectivity index (χ0) is 5.98. The molecule has 0 aliphatic carbocycles. The second-order valence-corrected chi connectivity index (χ2v) is 1.59. The van der Waals surface area contributed by atoms with Crippen LogP contribution < -0.4 is 17.0 Å². The molecular formula is C7H6BrFMg. The van der Waals surface area contributed by atoms with Gasteiger partial charge in [0.15, 0.2) is 0 Å².